The SMILES string of the molecule is COC(=O)C1=CO[C@@H](O[C@@H]2O[C@H](CO[C@@H]3O[C@H](CO)[C@@H](O)[C@H](O)[C@H]3O)[C@@H](O)[C@H](O)[C@H]2O)[C@@H]2[C@H](C)OC(O)C[C@H]12. The molecule has 4 aliphatic rings. The van der Waals surface area contributed by atoms with Crippen LogP contribution in [0.3, 0.4) is 0 Å². The molecule has 16 heteroatoms. The lowest BCUT2D eigenvalue weighted by molar-refractivity contribution is -0.361. The monoisotopic (exact) mass is 568 g/mol. The van der Waals surface area contributed by atoms with Crippen molar-refractivity contribution >= 4 is 5.97 Å². The normalized spacial score (nSPS) is 48.5. The van der Waals surface area contributed by atoms with Crippen LogP contribution in [0.15, 0.2) is 11.8 Å². The number of hydrogen-bond acceptors (Lipinski definition) is 16. The second-order valence-electron chi connectivity index (χ2n) is 9.97. The maximum atomic E-state index is 12.3. The van der Waals surface area contributed by atoms with E-state index in [4.69, 9.17) is 33.2 Å². The van der Waals surface area contributed by atoms with Gasteiger partial charge in [0.25, 0.3) is 0 Å². The van der Waals surface area contributed by atoms with Gasteiger partial charge in [-0.25, -0.2) is 4.79 Å². The molecule has 0 bridgehead atoms. The molecule has 0 aromatic rings. The third-order valence-corrected chi connectivity index (χ3v) is 7.51. The van der Waals surface area contributed by atoms with Crippen LogP contribution in [0.5, 0.6) is 0 Å². The molecule has 0 radical (unpaired) electrons. The van der Waals surface area contributed by atoms with Gasteiger partial charge in [-0.1, -0.05) is 0 Å². The van der Waals surface area contributed by atoms with Crippen LogP contribution >= 0.6 is 0 Å². The van der Waals surface area contributed by atoms with E-state index in [1.54, 1.807) is 6.92 Å². The van der Waals surface area contributed by atoms with Gasteiger partial charge in [-0.3, -0.25) is 0 Å². The summed E-state index contributed by atoms with van der Waals surface area (Å²) in [7, 11) is 1.20. The zero-order valence-electron chi connectivity index (χ0n) is 21.2. The van der Waals surface area contributed by atoms with E-state index in [1.807, 2.05) is 0 Å². The molecule has 16 nitrogen and oxygen atoms in total. The number of ether oxygens (including phenoxy) is 7. The first-order valence-corrected chi connectivity index (χ1v) is 12.5. The Hall–Kier alpha value is -1.51. The molecule has 8 N–H and O–H groups in total. The van der Waals surface area contributed by atoms with Gasteiger partial charge in [-0.05, 0) is 6.92 Å². The van der Waals surface area contributed by atoms with E-state index in [0.717, 1.165) is 6.26 Å². The van der Waals surface area contributed by atoms with E-state index in [-0.39, 0.29) is 12.0 Å². The van der Waals surface area contributed by atoms with Gasteiger partial charge in [-0.2, -0.15) is 0 Å². The average Bonchev–Trinajstić information content (AvgIpc) is 2.91. The molecule has 3 saturated heterocycles. The lowest BCUT2D eigenvalue weighted by Crippen LogP contribution is -2.62. The number of hydrogen-bond donors (Lipinski definition) is 8. The molecule has 0 saturated carbocycles. The Labute approximate surface area is 222 Å². The van der Waals surface area contributed by atoms with Gasteiger partial charge < -0.3 is 74.0 Å². The number of fused-ring (bicyclic) bond motifs is 1. The van der Waals surface area contributed by atoms with Gasteiger partial charge in [0.1, 0.15) is 48.8 Å². The smallest absolute Gasteiger partial charge is 0.337 e. The van der Waals surface area contributed by atoms with Gasteiger partial charge in [0.2, 0.25) is 6.29 Å². The highest BCUT2D eigenvalue weighted by Crippen LogP contribution is 2.42. The third kappa shape index (κ3) is 6.08. The first-order valence-electron chi connectivity index (χ1n) is 12.5. The molecule has 0 aromatic carbocycles. The van der Waals surface area contributed by atoms with Crippen molar-refractivity contribution in [2.75, 3.05) is 20.3 Å². The second-order valence-corrected chi connectivity index (χ2v) is 9.97. The molecule has 4 rings (SSSR count). The molecular formula is C23H36O16. The van der Waals surface area contributed by atoms with Crippen molar-refractivity contribution in [1.82, 2.24) is 0 Å². The highest BCUT2D eigenvalue weighted by molar-refractivity contribution is 5.88. The van der Waals surface area contributed by atoms with Crippen LogP contribution in [0.2, 0.25) is 0 Å². The Morgan fingerprint density at radius 3 is 2.13 bits per heavy atom. The van der Waals surface area contributed by atoms with Crippen LogP contribution in [0.1, 0.15) is 13.3 Å². The lowest BCUT2D eigenvalue weighted by Gasteiger charge is -2.47. The van der Waals surface area contributed by atoms with Crippen molar-refractivity contribution in [3.05, 3.63) is 11.8 Å². The second kappa shape index (κ2) is 12.6. The molecule has 0 aromatic heterocycles. The Morgan fingerprint density at radius 1 is 0.872 bits per heavy atom. The molecular weight excluding hydrogens is 532 g/mol. The van der Waals surface area contributed by atoms with Gasteiger partial charge in [0.05, 0.1) is 44.2 Å². The summed E-state index contributed by atoms with van der Waals surface area (Å²) in [6.07, 6.45) is -17.8. The minimum Gasteiger partial charge on any atom is -0.471 e. The van der Waals surface area contributed by atoms with E-state index in [9.17, 15) is 45.6 Å². The van der Waals surface area contributed by atoms with Crippen molar-refractivity contribution in [1.29, 1.82) is 0 Å². The zero-order valence-corrected chi connectivity index (χ0v) is 21.2. The molecule has 15 atom stereocenters. The van der Waals surface area contributed by atoms with E-state index in [2.05, 4.69) is 0 Å². The van der Waals surface area contributed by atoms with E-state index >= 15 is 0 Å². The van der Waals surface area contributed by atoms with E-state index in [0.29, 0.717) is 0 Å². The van der Waals surface area contributed by atoms with Crippen LogP contribution < -0.4 is 0 Å². The third-order valence-electron chi connectivity index (χ3n) is 7.51. The molecule has 4 aliphatic heterocycles. The summed E-state index contributed by atoms with van der Waals surface area (Å²) < 4.78 is 38.1. The van der Waals surface area contributed by atoms with Crippen LogP contribution in [0.4, 0.5) is 0 Å². The lowest BCUT2D eigenvalue weighted by atomic mass is 9.77. The highest BCUT2D eigenvalue weighted by atomic mass is 16.8. The van der Waals surface area contributed by atoms with Crippen molar-refractivity contribution < 1.29 is 78.8 Å². The fourth-order valence-corrected chi connectivity index (χ4v) is 5.29. The van der Waals surface area contributed by atoms with E-state index < -0.39 is 111 Å². The molecule has 0 aliphatic carbocycles. The summed E-state index contributed by atoms with van der Waals surface area (Å²) in [6.45, 7) is 0.417. The van der Waals surface area contributed by atoms with Gasteiger partial charge in [0.15, 0.2) is 18.9 Å². The van der Waals surface area contributed by atoms with Gasteiger partial charge in [0, 0.05) is 12.3 Å². The fraction of sp³-hybridized carbons (Fsp3) is 0.870. The van der Waals surface area contributed by atoms with Crippen molar-refractivity contribution in [3.63, 3.8) is 0 Å². The summed E-state index contributed by atoms with van der Waals surface area (Å²) in [5.74, 6) is -1.93. The minimum atomic E-state index is -1.77. The molecule has 4 heterocycles. The van der Waals surface area contributed by atoms with Crippen molar-refractivity contribution in [2.24, 2.45) is 11.8 Å². The molecule has 39 heavy (non-hydrogen) atoms. The van der Waals surface area contributed by atoms with Crippen molar-refractivity contribution in [2.45, 2.75) is 93.4 Å². The minimum absolute atomic E-state index is 0.0319. The predicted octanol–water partition coefficient (Wildman–Crippen LogP) is -4.60. The van der Waals surface area contributed by atoms with Gasteiger partial charge >= 0.3 is 5.97 Å². The first kappa shape index (κ1) is 30.4. The average molecular weight is 569 g/mol. The summed E-state index contributed by atoms with van der Waals surface area (Å²) in [4.78, 5) is 12.3. The largest absolute Gasteiger partial charge is 0.471 e. The standard InChI is InChI=1S/C23H36O16/c1-7-13-8(3-12(25)36-7)9(20(32)33-2)5-34-21(13)39-23-19(31)17(29)15(27)11(38-23)6-35-22-18(30)16(28)14(26)10(4-24)37-22/h5,7-8,10-19,21-31H,3-4,6H2,1-2H3/t7-,8+,10+,11+,12?,13+,14+,15+,16-,17-,18+,19+,21-,22+,23-/m0/s1. The summed E-state index contributed by atoms with van der Waals surface area (Å²) in [6, 6.07) is 0. The Bertz CT molecular complexity index is 869. The fourth-order valence-electron chi connectivity index (χ4n) is 5.29. The molecule has 224 valence electrons. The first-order chi connectivity index (χ1) is 18.5. The molecule has 0 amide bonds. The number of carbonyl (C=O) groups excluding carboxylic acids is 1. The Morgan fingerprint density at radius 2 is 1.49 bits per heavy atom. The molecule has 0 spiro atoms. The Kier molecular flexibility index (Phi) is 9.81. The maximum Gasteiger partial charge on any atom is 0.337 e. The molecule has 1 unspecified atom stereocenters. The Balaban J connectivity index is 1.45. The zero-order chi connectivity index (χ0) is 28.6. The quantitative estimate of drug-likeness (QED) is 0.135. The van der Waals surface area contributed by atoms with Crippen LogP contribution in [0, 0.1) is 11.8 Å². The maximum absolute atomic E-state index is 12.3. The topological polar surface area (TPSA) is 244 Å². The van der Waals surface area contributed by atoms with Gasteiger partial charge in [-0.15, -0.1) is 0 Å². The summed E-state index contributed by atoms with van der Waals surface area (Å²) in [5, 5.41) is 80.9. The van der Waals surface area contributed by atoms with Crippen molar-refractivity contribution in [3.8, 4) is 0 Å². The van der Waals surface area contributed by atoms with Crippen LogP contribution in [0.25, 0.3) is 0 Å². The van der Waals surface area contributed by atoms with Crippen LogP contribution in [-0.2, 0) is 38.0 Å². The number of methoxy groups -OCH3 is 1. The number of aliphatic hydroxyl groups is 8. The number of esters is 1. The highest BCUT2D eigenvalue weighted by Gasteiger charge is 2.52. The number of carbonyl (C=O) groups is 1. The van der Waals surface area contributed by atoms with E-state index in [1.165, 1.54) is 7.11 Å². The molecule has 3 fully saturated rings. The predicted molar refractivity (Wildman–Crippen MR) is 121 cm³/mol. The summed E-state index contributed by atoms with van der Waals surface area (Å²) in [5.41, 5.74) is 0.155. The number of aliphatic hydroxyl groups excluding tert-OH is 8. The van der Waals surface area contributed by atoms with Crippen LogP contribution in [-0.4, -0.2) is 147 Å². The number of rotatable bonds is 7. The summed E-state index contributed by atoms with van der Waals surface area (Å²) >= 11 is 0.